The molecular formula is C22H24N2OS. The van der Waals surface area contributed by atoms with Crippen LogP contribution in [0.2, 0.25) is 0 Å². The largest absolute Gasteiger partial charge is 0.335 e. The minimum atomic E-state index is 0.200. The Kier molecular flexibility index (Phi) is 5.05. The molecular weight excluding hydrogens is 340 g/mol. The number of thiophene rings is 1. The molecule has 1 fully saturated rings. The number of hydrogen-bond donors (Lipinski definition) is 0. The number of benzene rings is 2. The van der Waals surface area contributed by atoms with Gasteiger partial charge >= 0.3 is 0 Å². The molecule has 134 valence electrons. The van der Waals surface area contributed by atoms with Crippen LogP contribution < -0.4 is 0 Å². The molecule has 3 nitrogen and oxygen atoms in total. The molecule has 1 amide bonds. The van der Waals surface area contributed by atoms with Crippen LogP contribution in [0.4, 0.5) is 0 Å². The minimum absolute atomic E-state index is 0.200. The molecule has 0 bridgehead atoms. The third kappa shape index (κ3) is 3.53. The lowest BCUT2D eigenvalue weighted by molar-refractivity contribution is 0.0643. The summed E-state index contributed by atoms with van der Waals surface area (Å²) >= 11 is 1.63. The molecule has 0 atom stereocenters. The molecule has 4 rings (SSSR count). The van der Waals surface area contributed by atoms with Gasteiger partial charge in [0, 0.05) is 37.4 Å². The standard InChI is InChI=1S/C22H24N2OS/c1-17-19-9-5-6-10-20(19)26-21(17)22(25)24-15-13-23(14-16-24)12-11-18-7-3-2-4-8-18/h2-10H,11-16H2,1H3. The predicted molar refractivity (Wildman–Crippen MR) is 109 cm³/mol. The highest BCUT2D eigenvalue weighted by atomic mass is 32.1. The van der Waals surface area contributed by atoms with Crippen molar-refractivity contribution in [3.05, 3.63) is 70.6 Å². The van der Waals surface area contributed by atoms with E-state index in [1.807, 2.05) is 17.0 Å². The summed E-state index contributed by atoms with van der Waals surface area (Å²) in [6.07, 6.45) is 1.07. The first-order chi connectivity index (χ1) is 12.7. The molecule has 26 heavy (non-hydrogen) atoms. The highest BCUT2D eigenvalue weighted by Crippen LogP contribution is 2.31. The van der Waals surface area contributed by atoms with E-state index >= 15 is 0 Å². The van der Waals surface area contributed by atoms with Crippen molar-refractivity contribution in [2.24, 2.45) is 0 Å². The third-order valence-electron chi connectivity index (χ3n) is 5.26. The summed E-state index contributed by atoms with van der Waals surface area (Å²) in [5, 5.41) is 1.21. The lowest BCUT2D eigenvalue weighted by Gasteiger charge is -2.34. The molecule has 1 aliphatic rings. The van der Waals surface area contributed by atoms with Gasteiger partial charge in [0.15, 0.2) is 0 Å². The second-order valence-electron chi connectivity index (χ2n) is 6.92. The fraction of sp³-hybridized carbons (Fsp3) is 0.318. The van der Waals surface area contributed by atoms with Crippen LogP contribution in [0.15, 0.2) is 54.6 Å². The zero-order chi connectivity index (χ0) is 17.9. The van der Waals surface area contributed by atoms with Crippen molar-refractivity contribution in [3.63, 3.8) is 0 Å². The lowest BCUT2D eigenvalue weighted by atomic mass is 10.1. The second kappa shape index (κ2) is 7.60. The Balaban J connectivity index is 1.36. The highest BCUT2D eigenvalue weighted by molar-refractivity contribution is 7.21. The Hall–Kier alpha value is -2.17. The Morgan fingerprint density at radius 1 is 0.962 bits per heavy atom. The predicted octanol–water partition coefficient (Wildman–Crippen LogP) is 4.21. The minimum Gasteiger partial charge on any atom is -0.335 e. The summed E-state index contributed by atoms with van der Waals surface area (Å²) in [6.45, 7) is 6.70. The van der Waals surface area contributed by atoms with Crippen molar-refractivity contribution in [2.45, 2.75) is 13.3 Å². The average molecular weight is 365 g/mol. The number of hydrogen-bond acceptors (Lipinski definition) is 3. The average Bonchev–Trinajstić information content (AvgIpc) is 3.04. The van der Waals surface area contributed by atoms with E-state index < -0.39 is 0 Å². The number of carbonyl (C=O) groups is 1. The van der Waals surface area contributed by atoms with Gasteiger partial charge in [-0.2, -0.15) is 0 Å². The van der Waals surface area contributed by atoms with Crippen LogP contribution in [0.1, 0.15) is 20.8 Å². The summed E-state index contributed by atoms with van der Waals surface area (Å²) in [6, 6.07) is 18.9. The number of amides is 1. The SMILES string of the molecule is Cc1c(C(=O)N2CCN(CCc3ccccc3)CC2)sc2ccccc12. The molecule has 4 heteroatoms. The zero-order valence-corrected chi connectivity index (χ0v) is 16.0. The van der Waals surface area contributed by atoms with E-state index in [0.29, 0.717) is 0 Å². The Labute approximate surface area is 158 Å². The number of rotatable bonds is 4. The van der Waals surface area contributed by atoms with Gasteiger partial charge in [0.05, 0.1) is 4.88 Å². The van der Waals surface area contributed by atoms with Gasteiger partial charge in [-0.25, -0.2) is 0 Å². The first-order valence-corrected chi connectivity index (χ1v) is 10.1. The maximum absolute atomic E-state index is 13.0. The molecule has 3 aromatic rings. The van der Waals surface area contributed by atoms with Crippen molar-refractivity contribution >= 4 is 27.3 Å². The molecule has 0 saturated carbocycles. The fourth-order valence-electron chi connectivity index (χ4n) is 3.63. The summed E-state index contributed by atoms with van der Waals surface area (Å²) in [5.41, 5.74) is 2.51. The van der Waals surface area contributed by atoms with E-state index in [2.05, 4.69) is 54.3 Å². The van der Waals surface area contributed by atoms with Crippen molar-refractivity contribution in [1.82, 2.24) is 9.80 Å². The molecule has 1 aromatic heterocycles. The van der Waals surface area contributed by atoms with Gasteiger partial charge in [0.1, 0.15) is 0 Å². The maximum Gasteiger partial charge on any atom is 0.264 e. The van der Waals surface area contributed by atoms with Crippen LogP contribution in [-0.2, 0) is 6.42 Å². The van der Waals surface area contributed by atoms with E-state index in [9.17, 15) is 4.79 Å². The van der Waals surface area contributed by atoms with Crippen LogP contribution in [0, 0.1) is 6.92 Å². The van der Waals surface area contributed by atoms with Crippen molar-refractivity contribution in [1.29, 1.82) is 0 Å². The summed E-state index contributed by atoms with van der Waals surface area (Å²) in [7, 11) is 0. The van der Waals surface area contributed by atoms with E-state index in [0.717, 1.165) is 49.6 Å². The summed E-state index contributed by atoms with van der Waals surface area (Å²) in [4.78, 5) is 18.4. The molecule has 0 spiro atoms. The van der Waals surface area contributed by atoms with Crippen LogP contribution in [-0.4, -0.2) is 48.4 Å². The summed E-state index contributed by atoms with van der Waals surface area (Å²) in [5.74, 6) is 0.200. The lowest BCUT2D eigenvalue weighted by Crippen LogP contribution is -2.49. The number of piperazine rings is 1. The zero-order valence-electron chi connectivity index (χ0n) is 15.1. The van der Waals surface area contributed by atoms with Crippen LogP contribution in [0.3, 0.4) is 0 Å². The van der Waals surface area contributed by atoms with Gasteiger partial charge < -0.3 is 4.90 Å². The molecule has 2 aromatic carbocycles. The van der Waals surface area contributed by atoms with Gasteiger partial charge in [0.25, 0.3) is 5.91 Å². The molecule has 0 unspecified atom stereocenters. The number of fused-ring (bicyclic) bond motifs is 1. The van der Waals surface area contributed by atoms with Crippen LogP contribution >= 0.6 is 11.3 Å². The Morgan fingerprint density at radius 3 is 2.38 bits per heavy atom. The molecule has 0 N–H and O–H groups in total. The number of nitrogens with zero attached hydrogens (tertiary/aromatic N) is 2. The van der Waals surface area contributed by atoms with E-state index in [4.69, 9.17) is 0 Å². The smallest absolute Gasteiger partial charge is 0.264 e. The van der Waals surface area contributed by atoms with Crippen molar-refractivity contribution < 1.29 is 4.79 Å². The monoisotopic (exact) mass is 364 g/mol. The quantitative estimate of drug-likeness (QED) is 0.692. The molecule has 2 heterocycles. The molecule has 0 aliphatic carbocycles. The topological polar surface area (TPSA) is 23.6 Å². The normalized spacial score (nSPS) is 15.5. The molecule has 1 saturated heterocycles. The number of aryl methyl sites for hydroxylation is 1. The Bertz CT molecular complexity index is 895. The van der Waals surface area contributed by atoms with E-state index in [1.54, 1.807) is 11.3 Å². The first-order valence-electron chi connectivity index (χ1n) is 9.26. The van der Waals surface area contributed by atoms with Gasteiger partial charge in [0.2, 0.25) is 0 Å². The van der Waals surface area contributed by atoms with Gasteiger partial charge in [-0.05, 0) is 35.9 Å². The van der Waals surface area contributed by atoms with Crippen LogP contribution in [0.5, 0.6) is 0 Å². The van der Waals surface area contributed by atoms with Crippen molar-refractivity contribution in [2.75, 3.05) is 32.7 Å². The molecule has 0 radical (unpaired) electrons. The van der Waals surface area contributed by atoms with Gasteiger partial charge in [-0.1, -0.05) is 48.5 Å². The fourth-order valence-corrected chi connectivity index (χ4v) is 4.81. The van der Waals surface area contributed by atoms with Gasteiger partial charge in [-0.15, -0.1) is 11.3 Å². The first kappa shape index (κ1) is 17.3. The second-order valence-corrected chi connectivity index (χ2v) is 7.97. The number of carbonyl (C=O) groups excluding carboxylic acids is 1. The molecule has 1 aliphatic heterocycles. The summed E-state index contributed by atoms with van der Waals surface area (Å²) < 4.78 is 1.20. The van der Waals surface area contributed by atoms with E-state index in [1.165, 1.54) is 15.6 Å². The third-order valence-corrected chi connectivity index (χ3v) is 6.52. The van der Waals surface area contributed by atoms with E-state index in [-0.39, 0.29) is 5.91 Å². The van der Waals surface area contributed by atoms with Gasteiger partial charge in [-0.3, -0.25) is 9.69 Å². The maximum atomic E-state index is 13.0. The van der Waals surface area contributed by atoms with Crippen molar-refractivity contribution in [3.8, 4) is 0 Å². The van der Waals surface area contributed by atoms with Crippen LogP contribution in [0.25, 0.3) is 10.1 Å². The Morgan fingerprint density at radius 2 is 1.65 bits per heavy atom. The highest BCUT2D eigenvalue weighted by Gasteiger charge is 2.25.